The molecule has 0 spiro atoms. The molecule has 17 heavy (non-hydrogen) atoms. The van der Waals surface area contributed by atoms with Crippen molar-refractivity contribution in [2.45, 2.75) is 47.0 Å². The molecular weight excluding hydrogens is 278 g/mol. The summed E-state index contributed by atoms with van der Waals surface area (Å²) in [4.78, 5) is 9.26. The van der Waals surface area contributed by atoms with Crippen LogP contribution in [0, 0.1) is 5.41 Å². The van der Waals surface area contributed by atoms with Gasteiger partial charge in [0.05, 0.1) is 10.2 Å². The Morgan fingerprint density at radius 1 is 1.29 bits per heavy atom. The zero-order valence-corrected chi connectivity index (χ0v) is 13.1. The molecule has 1 heterocycles. The van der Waals surface area contributed by atoms with Gasteiger partial charge in [-0.05, 0) is 27.8 Å². The fourth-order valence-electron chi connectivity index (χ4n) is 1.49. The van der Waals surface area contributed by atoms with Gasteiger partial charge in [0.2, 0.25) is 0 Å². The van der Waals surface area contributed by atoms with E-state index < -0.39 is 0 Å². The van der Waals surface area contributed by atoms with E-state index in [9.17, 15) is 0 Å². The Morgan fingerprint density at radius 2 is 1.88 bits per heavy atom. The van der Waals surface area contributed by atoms with Crippen molar-refractivity contribution < 1.29 is 0 Å². The highest BCUT2D eigenvalue weighted by Crippen LogP contribution is 2.34. The number of nitrogens with one attached hydrogen (secondary N) is 1. The first-order valence-electron chi connectivity index (χ1n) is 6.05. The lowest BCUT2D eigenvalue weighted by molar-refractivity contribution is 0.327. The highest BCUT2D eigenvalue weighted by Gasteiger charge is 2.25. The number of aromatic nitrogens is 2. The van der Waals surface area contributed by atoms with Crippen molar-refractivity contribution >= 4 is 21.7 Å². The molecule has 1 rings (SSSR count). The number of rotatable bonds is 3. The molecule has 0 bridgehead atoms. The van der Waals surface area contributed by atoms with Crippen molar-refractivity contribution in [2.24, 2.45) is 5.41 Å². The SMILES string of the molecule is CCc1nc(C(C)C(C)(C)C)nc(NC)c1Br. The molecule has 0 amide bonds. The normalized spacial score (nSPS) is 13.6. The summed E-state index contributed by atoms with van der Waals surface area (Å²) in [5.74, 6) is 2.12. The van der Waals surface area contributed by atoms with E-state index in [1.54, 1.807) is 0 Å². The Balaban J connectivity index is 3.27. The van der Waals surface area contributed by atoms with Crippen LogP contribution in [-0.4, -0.2) is 17.0 Å². The molecule has 0 radical (unpaired) electrons. The quantitative estimate of drug-likeness (QED) is 0.917. The maximum Gasteiger partial charge on any atom is 0.144 e. The van der Waals surface area contributed by atoms with Gasteiger partial charge >= 0.3 is 0 Å². The van der Waals surface area contributed by atoms with Crippen LogP contribution < -0.4 is 5.32 Å². The fraction of sp³-hybridized carbons (Fsp3) is 0.692. The van der Waals surface area contributed by atoms with Crippen molar-refractivity contribution in [1.29, 1.82) is 0 Å². The first-order valence-corrected chi connectivity index (χ1v) is 6.84. The topological polar surface area (TPSA) is 37.8 Å². The number of aryl methyl sites for hydroxylation is 1. The van der Waals surface area contributed by atoms with Gasteiger partial charge in [0.1, 0.15) is 11.6 Å². The van der Waals surface area contributed by atoms with Crippen molar-refractivity contribution in [2.75, 3.05) is 12.4 Å². The molecule has 96 valence electrons. The molecule has 1 aromatic rings. The first-order chi connectivity index (χ1) is 7.81. The molecule has 1 aromatic heterocycles. The van der Waals surface area contributed by atoms with Gasteiger partial charge in [0.15, 0.2) is 0 Å². The molecule has 4 heteroatoms. The van der Waals surface area contributed by atoms with E-state index in [1.165, 1.54) is 0 Å². The summed E-state index contributed by atoms with van der Waals surface area (Å²) < 4.78 is 0.979. The number of hydrogen-bond donors (Lipinski definition) is 1. The zero-order valence-electron chi connectivity index (χ0n) is 11.6. The van der Waals surface area contributed by atoms with Gasteiger partial charge in [0.25, 0.3) is 0 Å². The molecule has 0 aliphatic heterocycles. The van der Waals surface area contributed by atoms with Gasteiger partial charge in [-0.2, -0.15) is 0 Å². The number of halogens is 1. The minimum Gasteiger partial charge on any atom is -0.372 e. The molecule has 0 saturated heterocycles. The first kappa shape index (κ1) is 14.4. The molecular formula is C13H22BrN3. The van der Waals surface area contributed by atoms with Crippen LogP contribution in [0.15, 0.2) is 4.47 Å². The van der Waals surface area contributed by atoms with Crippen LogP contribution in [0.25, 0.3) is 0 Å². The summed E-state index contributed by atoms with van der Waals surface area (Å²) in [7, 11) is 1.89. The lowest BCUT2D eigenvalue weighted by atomic mass is 9.81. The predicted octanol–water partition coefficient (Wildman–Crippen LogP) is 3.99. The number of anilines is 1. The Hall–Kier alpha value is -0.640. The van der Waals surface area contributed by atoms with Crippen molar-refractivity contribution in [3.8, 4) is 0 Å². The second-order valence-electron chi connectivity index (χ2n) is 5.38. The van der Waals surface area contributed by atoms with E-state index >= 15 is 0 Å². The van der Waals surface area contributed by atoms with Crippen LogP contribution in [-0.2, 0) is 6.42 Å². The van der Waals surface area contributed by atoms with Gasteiger partial charge in [-0.1, -0.05) is 34.6 Å². The average molecular weight is 300 g/mol. The molecule has 0 aromatic carbocycles. The molecule has 1 N–H and O–H groups in total. The highest BCUT2D eigenvalue weighted by molar-refractivity contribution is 9.10. The Labute approximate surface area is 113 Å². The number of nitrogens with zero attached hydrogens (tertiary/aromatic N) is 2. The minimum atomic E-state index is 0.170. The third kappa shape index (κ3) is 3.18. The van der Waals surface area contributed by atoms with Crippen LogP contribution in [0.1, 0.15) is 52.1 Å². The lowest BCUT2D eigenvalue weighted by Crippen LogP contribution is -2.19. The van der Waals surface area contributed by atoms with Crippen LogP contribution in [0.3, 0.4) is 0 Å². The second-order valence-corrected chi connectivity index (χ2v) is 6.18. The van der Waals surface area contributed by atoms with Gasteiger partial charge in [-0.3, -0.25) is 0 Å². The fourth-order valence-corrected chi connectivity index (χ4v) is 2.15. The number of hydrogen-bond acceptors (Lipinski definition) is 3. The summed E-state index contributed by atoms with van der Waals surface area (Å²) in [5, 5.41) is 3.12. The summed E-state index contributed by atoms with van der Waals surface area (Å²) >= 11 is 3.55. The van der Waals surface area contributed by atoms with E-state index in [4.69, 9.17) is 0 Å². The van der Waals surface area contributed by atoms with Crippen LogP contribution in [0.4, 0.5) is 5.82 Å². The third-order valence-corrected chi connectivity index (χ3v) is 4.03. The second kappa shape index (κ2) is 5.34. The maximum atomic E-state index is 4.67. The van der Waals surface area contributed by atoms with Gasteiger partial charge < -0.3 is 5.32 Å². The summed E-state index contributed by atoms with van der Waals surface area (Å²) in [6, 6.07) is 0. The molecule has 0 aliphatic carbocycles. The van der Waals surface area contributed by atoms with E-state index in [0.717, 1.165) is 28.2 Å². The molecule has 0 saturated carbocycles. The van der Waals surface area contributed by atoms with Gasteiger partial charge in [-0.15, -0.1) is 0 Å². The molecule has 0 aliphatic rings. The van der Waals surface area contributed by atoms with Crippen LogP contribution in [0.2, 0.25) is 0 Å². The molecule has 0 fully saturated rings. The molecule has 1 atom stereocenters. The minimum absolute atomic E-state index is 0.170. The Morgan fingerprint density at radius 3 is 2.29 bits per heavy atom. The third-order valence-electron chi connectivity index (χ3n) is 3.20. The smallest absolute Gasteiger partial charge is 0.144 e. The summed E-state index contributed by atoms with van der Waals surface area (Å²) in [6.45, 7) is 10.9. The largest absolute Gasteiger partial charge is 0.372 e. The van der Waals surface area contributed by atoms with E-state index in [0.29, 0.717) is 5.92 Å². The van der Waals surface area contributed by atoms with Crippen LogP contribution >= 0.6 is 15.9 Å². The highest BCUT2D eigenvalue weighted by atomic mass is 79.9. The van der Waals surface area contributed by atoms with Crippen molar-refractivity contribution in [1.82, 2.24) is 9.97 Å². The lowest BCUT2D eigenvalue weighted by Gasteiger charge is -2.26. The van der Waals surface area contributed by atoms with E-state index in [-0.39, 0.29) is 5.41 Å². The maximum absolute atomic E-state index is 4.67. The van der Waals surface area contributed by atoms with Gasteiger partial charge in [0, 0.05) is 13.0 Å². The monoisotopic (exact) mass is 299 g/mol. The summed E-state index contributed by atoms with van der Waals surface area (Å²) in [6.07, 6.45) is 0.904. The van der Waals surface area contributed by atoms with E-state index in [1.807, 2.05) is 7.05 Å². The van der Waals surface area contributed by atoms with Crippen molar-refractivity contribution in [3.63, 3.8) is 0 Å². The average Bonchev–Trinajstić information content (AvgIpc) is 2.27. The van der Waals surface area contributed by atoms with E-state index in [2.05, 4.69) is 65.8 Å². The molecule has 1 unspecified atom stereocenters. The zero-order chi connectivity index (χ0) is 13.2. The van der Waals surface area contributed by atoms with Crippen LogP contribution in [0.5, 0.6) is 0 Å². The summed E-state index contributed by atoms with van der Waals surface area (Å²) in [5.41, 5.74) is 1.24. The Kier molecular flexibility index (Phi) is 4.53. The Bertz CT molecular complexity index is 371. The predicted molar refractivity (Wildman–Crippen MR) is 76.5 cm³/mol. The standard InChI is InChI=1S/C13H22BrN3/c1-7-9-10(14)12(15-6)17-11(16-9)8(2)13(3,4)5/h8H,7H2,1-6H3,(H,15,16,17). The van der Waals surface area contributed by atoms with Gasteiger partial charge in [-0.25, -0.2) is 9.97 Å². The van der Waals surface area contributed by atoms with Crippen molar-refractivity contribution in [3.05, 3.63) is 16.0 Å². The molecule has 3 nitrogen and oxygen atoms in total.